The minimum absolute atomic E-state index is 0.630. The lowest BCUT2D eigenvalue weighted by Crippen LogP contribution is -2.38. The van der Waals surface area contributed by atoms with E-state index in [1.54, 1.807) is 7.11 Å². The predicted octanol–water partition coefficient (Wildman–Crippen LogP) is 4.25. The highest BCUT2D eigenvalue weighted by molar-refractivity contribution is 6.32. The van der Waals surface area contributed by atoms with Crippen molar-refractivity contribution in [2.75, 3.05) is 7.11 Å². The van der Waals surface area contributed by atoms with Gasteiger partial charge in [-0.05, 0) is 38.3 Å². The smallest absolute Gasteiger partial charge is 0.314 e. The number of halogens is 1. The van der Waals surface area contributed by atoms with Gasteiger partial charge in [-0.3, -0.25) is 4.79 Å². The quantitative estimate of drug-likeness (QED) is 0.907. The van der Waals surface area contributed by atoms with E-state index in [0.29, 0.717) is 23.6 Å². The molecule has 0 aromatic heterocycles. The van der Waals surface area contributed by atoms with E-state index in [9.17, 15) is 9.90 Å². The summed E-state index contributed by atoms with van der Waals surface area (Å²) in [4.78, 5) is 12.0. The maximum atomic E-state index is 12.0. The molecule has 0 radical (unpaired) electrons. The number of methoxy groups -OCH3 is 1. The van der Waals surface area contributed by atoms with Crippen LogP contribution in [0.15, 0.2) is 6.07 Å². The molecule has 110 valence electrons. The van der Waals surface area contributed by atoms with Gasteiger partial charge in [0.15, 0.2) is 0 Å². The molecular weight excluding hydrogens is 276 g/mol. The van der Waals surface area contributed by atoms with Gasteiger partial charge in [0.25, 0.3) is 0 Å². The molecule has 4 heteroatoms. The SMILES string of the molecule is COc1c(C2(C(=O)O)CCCCC2)cc(C)c(Cl)c1C. The number of aryl methyl sites for hydroxylation is 1. The molecule has 1 aliphatic carbocycles. The Hall–Kier alpha value is -1.22. The predicted molar refractivity (Wildman–Crippen MR) is 79.9 cm³/mol. The number of ether oxygens (including phenoxy) is 1. The summed E-state index contributed by atoms with van der Waals surface area (Å²) in [5, 5.41) is 10.5. The molecule has 1 saturated carbocycles. The summed E-state index contributed by atoms with van der Waals surface area (Å²) >= 11 is 6.27. The van der Waals surface area contributed by atoms with E-state index in [4.69, 9.17) is 16.3 Å². The zero-order chi connectivity index (χ0) is 14.9. The summed E-state index contributed by atoms with van der Waals surface area (Å²) in [6.45, 7) is 3.80. The van der Waals surface area contributed by atoms with Gasteiger partial charge in [-0.2, -0.15) is 0 Å². The van der Waals surface area contributed by atoms with Gasteiger partial charge in [0.05, 0.1) is 17.5 Å². The molecule has 1 aromatic carbocycles. The van der Waals surface area contributed by atoms with Gasteiger partial charge in [0, 0.05) is 11.1 Å². The third kappa shape index (κ3) is 2.28. The van der Waals surface area contributed by atoms with Crippen molar-refractivity contribution in [1.82, 2.24) is 0 Å². The minimum atomic E-state index is -0.830. The Morgan fingerprint density at radius 1 is 1.30 bits per heavy atom. The third-order valence-electron chi connectivity index (χ3n) is 4.46. The fourth-order valence-corrected chi connectivity index (χ4v) is 3.46. The van der Waals surface area contributed by atoms with Crippen LogP contribution >= 0.6 is 11.6 Å². The highest BCUT2D eigenvalue weighted by atomic mass is 35.5. The second kappa shape index (κ2) is 5.65. The molecule has 0 bridgehead atoms. The van der Waals surface area contributed by atoms with Crippen LogP contribution in [0.1, 0.15) is 48.8 Å². The summed E-state index contributed by atoms with van der Waals surface area (Å²) in [5.74, 6) is -0.124. The second-order valence-corrected chi connectivity index (χ2v) is 6.04. The van der Waals surface area contributed by atoms with Crippen molar-refractivity contribution in [1.29, 1.82) is 0 Å². The van der Waals surface area contributed by atoms with Gasteiger partial charge in [-0.15, -0.1) is 0 Å². The van der Waals surface area contributed by atoms with E-state index in [0.717, 1.165) is 36.0 Å². The van der Waals surface area contributed by atoms with Crippen LogP contribution in [0, 0.1) is 13.8 Å². The van der Waals surface area contributed by atoms with Crippen LogP contribution in [0.3, 0.4) is 0 Å². The lowest BCUT2D eigenvalue weighted by atomic mass is 9.68. The Bertz CT molecular complexity index is 531. The Morgan fingerprint density at radius 2 is 1.90 bits per heavy atom. The van der Waals surface area contributed by atoms with Crippen LogP contribution in [0.4, 0.5) is 0 Å². The van der Waals surface area contributed by atoms with Crippen molar-refractivity contribution >= 4 is 17.6 Å². The summed E-state index contributed by atoms with van der Waals surface area (Å²) in [5.41, 5.74) is 1.69. The Labute approximate surface area is 124 Å². The maximum absolute atomic E-state index is 12.0. The number of carboxylic acids is 1. The molecule has 0 saturated heterocycles. The van der Waals surface area contributed by atoms with E-state index in [-0.39, 0.29) is 0 Å². The van der Waals surface area contributed by atoms with E-state index in [1.807, 2.05) is 19.9 Å². The molecule has 2 rings (SSSR count). The van der Waals surface area contributed by atoms with Crippen LogP contribution < -0.4 is 4.74 Å². The normalized spacial score (nSPS) is 17.8. The van der Waals surface area contributed by atoms with E-state index in [1.165, 1.54) is 0 Å². The molecule has 0 heterocycles. The Kier molecular flexibility index (Phi) is 4.28. The number of carboxylic acid groups (broad SMARTS) is 1. The first kappa shape index (κ1) is 15.2. The van der Waals surface area contributed by atoms with Gasteiger partial charge in [-0.25, -0.2) is 0 Å². The van der Waals surface area contributed by atoms with Gasteiger partial charge < -0.3 is 9.84 Å². The van der Waals surface area contributed by atoms with Crippen LogP contribution in [-0.2, 0) is 10.2 Å². The topological polar surface area (TPSA) is 46.5 Å². The van der Waals surface area contributed by atoms with Crippen molar-refractivity contribution in [2.24, 2.45) is 0 Å². The van der Waals surface area contributed by atoms with Gasteiger partial charge in [0.1, 0.15) is 5.75 Å². The molecule has 0 unspecified atom stereocenters. The standard InChI is InChI=1S/C16H21ClO3/c1-10-9-12(14(20-3)11(2)13(10)17)16(15(18)19)7-5-4-6-8-16/h9H,4-8H2,1-3H3,(H,18,19). The fraction of sp³-hybridized carbons (Fsp3) is 0.562. The third-order valence-corrected chi connectivity index (χ3v) is 5.04. The number of aliphatic carboxylic acids is 1. The van der Waals surface area contributed by atoms with E-state index >= 15 is 0 Å². The molecule has 1 fully saturated rings. The fourth-order valence-electron chi connectivity index (χ4n) is 3.32. The number of rotatable bonds is 3. The average molecular weight is 297 g/mol. The second-order valence-electron chi connectivity index (χ2n) is 5.66. The maximum Gasteiger partial charge on any atom is 0.314 e. The van der Waals surface area contributed by atoms with Crippen LogP contribution in [-0.4, -0.2) is 18.2 Å². The number of hydrogen-bond donors (Lipinski definition) is 1. The first-order valence-corrected chi connectivity index (χ1v) is 7.39. The monoisotopic (exact) mass is 296 g/mol. The molecule has 1 aromatic rings. The summed E-state index contributed by atoms with van der Waals surface area (Å²) in [6.07, 6.45) is 4.31. The zero-order valence-corrected chi connectivity index (χ0v) is 13.0. The first-order chi connectivity index (χ1) is 9.44. The highest BCUT2D eigenvalue weighted by Crippen LogP contribution is 2.46. The average Bonchev–Trinajstić information content (AvgIpc) is 2.45. The van der Waals surface area contributed by atoms with Gasteiger partial charge in [0.2, 0.25) is 0 Å². The van der Waals surface area contributed by atoms with E-state index < -0.39 is 11.4 Å². The van der Waals surface area contributed by atoms with Gasteiger partial charge in [-0.1, -0.05) is 30.9 Å². The van der Waals surface area contributed by atoms with E-state index in [2.05, 4.69) is 0 Å². The number of hydrogen-bond acceptors (Lipinski definition) is 2. The van der Waals surface area contributed by atoms with Crippen molar-refractivity contribution < 1.29 is 14.6 Å². The Morgan fingerprint density at radius 3 is 2.40 bits per heavy atom. The minimum Gasteiger partial charge on any atom is -0.496 e. The molecule has 0 atom stereocenters. The van der Waals surface area contributed by atoms with Crippen LogP contribution in [0.2, 0.25) is 5.02 Å². The number of benzene rings is 1. The van der Waals surface area contributed by atoms with Crippen molar-refractivity contribution in [3.63, 3.8) is 0 Å². The largest absolute Gasteiger partial charge is 0.496 e. The summed E-state index contributed by atoms with van der Waals surface area (Å²) < 4.78 is 5.49. The molecular formula is C16H21ClO3. The molecule has 3 nitrogen and oxygen atoms in total. The molecule has 0 spiro atoms. The van der Waals surface area contributed by atoms with Crippen LogP contribution in [0.5, 0.6) is 5.75 Å². The van der Waals surface area contributed by atoms with Crippen LogP contribution in [0.25, 0.3) is 0 Å². The molecule has 0 aliphatic heterocycles. The number of carbonyl (C=O) groups is 1. The molecule has 1 N–H and O–H groups in total. The summed E-state index contributed by atoms with van der Waals surface area (Å²) in [6, 6.07) is 1.90. The molecule has 1 aliphatic rings. The Balaban J connectivity index is 2.68. The van der Waals surface area contributed by atoms with Crippen molar-refractivity contribution in [3.8, 4) is 5.75 Å². The zero-order valence-electron chi connectivity index (χ0n) is 12.3. The molecule has 0 amide bonds. The van der Waals surface area contributed by atoms with Gasteiger partial charge >= 0.3 is 5.97 Å². The molecule has 20 heavy (non-hydrogen) atoms. The highest BCUT2D eigenvalue weighted by Gasteiger charge is 2.44. The summed E-state index contributed by atoms with van der Waals surface area (Å²) in [7, 11) is 1.58. The lowest BCUT2D eigenvalue weighted by Gasteiger charge is -2.35. The lowest BCUT2D eigenvalue weighted by molar-refractivity contribution is -0.145. The van der Waals surface area contributed by atoms with Crippen molar-refractivity contribution in [2.45, 2.75) is 51.4 Å². The first-order valence-electron chi connectivity index (χ1n) is 7.01. The van der Waals surface area contributed by atoms with Crippen molar-refractivity contribution in [3.05, 3.63) is 27.8 Å².